The second kappa shape index (κ2) is 5.89. The smallest absolute Gasteiger partial charge is 0.0177 e. The summed E-state index contributed by atoms with van der Waals surface area (Å²) < 4.78 is 0. The third-order valence-corrected chi connectivity index (χ3v) is 0.566. The summed E-state index contributed by atoms with van der Waals surface area (Å²) in [7, 11) is 0. The fourth-order valence-electron chi connectivity index (χ4n) is 0.262. The van der Waals surface area contributed by atoms with Gasteiger partial charge in [-0.2, -0.15) is 0 Å². The van der Waals surface area contributed by atoms with E-state index >= 15 is 0 Å². The molecule has 1 nitrogen and oxygen atoms in total. The van der Waals surface area contributed by atoms with Crippen LogP contribution in [0.15, 0.2) is 37.0 Å². The van der Waals surface area contributed by atoms with Gasteiger partial charge in [-0.1, -0.05) is 30.9 Å². The molecule has 0 saturated heterocycles. The molecule has 0 radical (unpaired) electrons. The Labute approximate surface area is 49.5 Å². The highest BCUT2D eigenvalue weighted by molar-refractivity contribution is 5.68. The van der Waals surface area contributed by atoms with E-state index in [4.69, 9.17) is 5.41 Å². The van der Waals surface area contributed by atoms with Crippen LogP contribution in [0.5, 0.6) is 0 Å². The van der Waals surface area contributed by atoms with Crippen LogP contribution in [-0.4, -0.2) is 6.21 Å². The number of nitrogens with one attached hydrogen (secondary N) is 1. The van der Waals surface area contributed by atoms with Crippen molar-refractivity contribution in [2.24, 2.45) is 0 Å². The molecule has 0 atom stereocenters. The molecular formula is C7H9N. The van der Waals surface area contributed by atoms with Crippen molar-refractivity contribution in [2.75, 3.05) is 0 Å². The Bertz CT molecular complexity index is 104. The molecule has 0 fully saturated rings. The quantitative estimate of drug-likeness (QED) is 0.421. The molecule has 0 aliphatic rings. The molecule has 1 N–H and O–H groups in total. The summed E-state index contributed by atoms with van der Waals surface area (Å²) in [5.41, 5.74) is 0. The van der Waals surface area contributed by atoms with E-state index in [1.165, 1.54) is 6.21 Å². The molecule has 42 valence electrons. The second-order valence-corrected chi connectivity index (χ2v) is 1.17. The SMILES string of the molecule is C=C/C=C\C=C\C=N. The topological polar surface area (TPSA) is 23.9 Å². The molecule has 0 unspecified atom stereocenters. The molecule has 0 rings (SSSR count). The molecule has 8 heavy (non-hydrogen) atoms. The van der Waals surface area contributed by atoms with Crippen molar-refractivity contribution in [3.05, 3.63) is 37.0 Å². The summed E-state index contributed by atoms with van der Waals surface area (Å²) in [6.07, 6.45) is 9.95. The van der Waals surface area contributed by atoms with Gasteiger partial charge in [-0.3, -0.25) is 0 Å². The van der Waals surface area contributed by atoms with Gasteiger partial charge in [0, 0.05) is 6.21 Å². The highest BCUT2D eigenvalue weighted by Crippen LogP contribution is 1.73. The molecule has 0 heterocycles. The predicted octanol–water partition coefficient (Wildman–Crippen LogP) is 1.93. The zero-order valence-electron chi connectivity index (χ0n) is 4.67. The first-order valence-corrected chi connectivity index (χ1v) is 2.36. The van der Waals surface area contributed by atoms with Gasteiger partial charge in [-0.05, 0) is 6.08 Å². The molecule has 0 spiro atoms. The Kier molecular flexibility index (Phi) is 5.07. The Morgan fingerprint density at radius 1 is 1.00 bits per heavy atom. The molecule has 0 bridgehead atoms. The van der Waals surface area contributed by atoms with Crippen LogP contribution in [0.2, 0.25) is 0 Å². The fourth-order valence-corrected chi connectivity index (χ4v) is 0.262. The summed E-state index contributed by atoms with van der Waals surface area (Å²) in [5.74, 6) is 0. The number of rotatable bonds is 3. The lowest BCUT2D eigenvalue weighted by Crippen LogP contribution is -1.52. The largest absolute Gasteiger partial charge is 0.309 e. The van der Waals surface area contributed by atoms with Crippen LogP contribution in [0, 0.1) is 5.41 Å². The van der Waals surface area contributed by atoms with Gasteiger partial charge in [-0.15, -0.1) is 0 Å². The van der Waals surface area contributed by atoms with Crippen LogP contribution >= 0.6 is 0 Å². The van der Waals surface area contributed by atoms with Crippen LogP contribution in [0.3, 0.4) is 0 Å². The van der Waals surface area contributed by atoms with E-state index in [0.29, 0.717) is 0 Å². The molecule has 0 aromatic carbocycles. The van der Waals surface area contributed by atoms with Gasteiger partial charge in [0.05, 0.1) is 0 Å². The van der Waals surface area contributed by atoms with E-state index in [1.807, 2.05) is 6.08 Å². The van der Waals surface area contributed by atoms with E-state index in [-0.39, 0.29) is 0 Å². The summed E-state index contributed by atoms with van der Waals surface area (Å²) in [6.45, 7) is 3.48. The highest BCUT2D eigenvalue weighted by atomic mass is 14.3. The van der Waals surface area contributed by atoms with Crippen molar-refractivity contribution in [3.63, 3.8) is 0 Å². The van der Waals surface area contributed by atoms with E-state index in [9.17, 15) is 0 Å². The highest BCUT2D eigenvalue weighted by Gasteiger charge is 1.55. The maximum Gasteiger partial charge on any atom is 0.0177 e. The zero-order valence-corrected chi connectivity index (χ0v) is 4.67. The van der Waals surface area contributed by atoms with Gasteiger partial charge in [0.2, 0.25) is 0 Å². The number of hydrogen-bond donors (Lipinski definition) is 1. The Morgan fingerprint density at radius 2 is 1.62 bits per heavy atom. The number of hydrogen-bond acceptors (Lipinski definition) is 1. The predicted molar refractivity (Wildman–Crippen MR) is 37.3 cm³/mol. The maximum atomic E-state index is 6.57. The van der Waals surface area contributed by atoms with Crippen molar-refractivity contribution >= 4 is 6.21 Å². The van der Waals surface area contributed by atoms with Crippen LogP contribution < -0.4 is 0 Å². The summed E-state index contributed by atoms with van der Waals surface area (Å²) >= 11 is 0. The van der Waals surface area contributed by atoms with Crippen molar-refractivity contribution in [2.45, 2.75) is 0 Å². The lowest BCUT2D eigenvalue weighted by Gasteiger charge is -1.66. The van der Waals surface area contributed by atoms with Gasteiger partial charge in [0.25, 0.3) is 0 Å². The molecule has 1 heteroatoms. The monoisotopic (exact) mass is 107 g/mol. The molecule has 0 aliphatic carbocycles. The third-order valence-electron chi connectivity index (χ3n) is 0.566. The van der Waals surface area contributed by atoms with Gasteiger partial charge in [0.15, 0.2) is 0 Å². The molecule has 0 aliphatic heterocycles. The zero-order chi connectivity index (χ0) is 6.24. The summed E-state index contributed by atoms with van der Waals surface area (Å²) in [6, 6.07) is 0. The Hall–Kier alpha value is -1.11. The summed E-state index contributed by atoms with van der Waals surface area (Å²) in [4.78, 5) is 0. The second-order valence-electron chi connectivity index (χ2n) is 1.17. The maximum absolute atomic E-state index is 6.57. The molecular weight excluding hydrogens is 98.1 g/mol. The summed E-state index contributed by atoms with van der Waals surface area (Å²) in [5, 5.41) is 6.57. The van der Waals surface area contributed by atoms with Gasteiger partial charge < -0.3 is 5.41 Å². The van der Waals surface area contributed by atoms with E-state index in [0.717, 1.165) is 0 Å². The van der Waals surface area contributed by atoms with Crippen LogP contribution in [-0.2, 0) is 0 Å². The van der Waals surface area contributed by atoms with Crippen LogP contribution in [0.1, 0.15) is 0 Å². The van der Waals surface area contributed by atoms with Gasteiger partial charge in [-0.25, -0.2) is 0 Å². The lowest BCUT2D eigenvalue weighted by atomic mass is 10.4. The minimum absolute atomic E-state index is 1.23. The Balaban J connectivity index is 3.41. The molecule has 0 aromatic heterocycles. The first-order valence-electron chi connectivity index (χ1n) is 2.36. The third kappa shape index (κ3) is 4.89. The Morgan fingerprint density at radius 3 is 2.12 bits per heavy atom. The first kappa shape index (κ1) is 6.89. The average Bonchev–Trinajstić information content (AvgIpc) is 1.81. The van der Waals surface area contributed by atoms with Crippen molar-refractivity contribution in [1.82, 2.24) is 0 Å². The standard InChI is InChI=1S/C7H9N/c1-2-3-4-5-6-7-8/h2-8H,1H2/b4-3-,6-5+,8-7?. The lowest BCUT2D eigenvalue weighted by molar-refractivity contribution is 1.58. The number of allylic oxidation sites excluding steroid dienone is 5. The van der Waals surface area contributed by atoms with Crippen molar-refractivity contribution in [3.8, 4) is 0 Å². The van der Waals surface area contributed by atoms with E-state index < -0.39 is 0 Å². The molecule has 0 aromatic rings. The van der Waals surface area contributed by atoms with Crippen LogP contribution in [0.25, 0.3) is 0 Å². The minimum atomic E-state index is 1.23. The van der Waals surface area contributed by atoms with Crippen LogP contribution in [0.4, 0.5) is 0 Å². The van der Waals surface area contributed by atoms with E-state index in [1.54, 1.807) is 24.3 Å². The average molecular weight is 107 g/mol. The van der Waals surface area contributed by atoms with Gasteiger partial charge in [0.1, 0.15) is 0 Å². The van der Waals surface area contributed by atoms with E-state index in [2.05, 4.69) is 6.58 Å². The van der Waals surface area contributed by atoms with Gasteiger partial charge >= 0.3 is 0 Å². The van der Waals surface area contributed by atoms with Crippen molar-refractivity contribution in [1.29, 1.82) is 5.41 Å². The normalized spacial score (nSPS) is 10.5. The minimum Gasteiger partial charge on any atom is -0.309 e. The first-order chi connectivity index (χ1) is 3.91. The fraction of sp³-hybridized carbons (Fsp3) is 0. The van der Waals surface area contributed by atoms with Crippen molar-refractivity contribution < 1.29 is 0 Å². The molecule has 0 saturated carbocycles. The molecule has 0 amide bonds.